The molecule has 1 unspecified atom stereocenters. The molecule has 0 heterocycles. The summed E-state index contributed by atoms with van der Waals surface area (Å²) >= 11 is 0. The third kappa shape index (κ3) is 14.7. The van der Waals surface area contributed by atoms with Crippen molar-refractivity contribution in [2.75, 3.05) is 13.2 Å². The number of hydrogen-bond acceptors (Lipinski definition) is 4. The minimum atomic E-state index is -0.366. The second-order valence-electron chi connectivity index (χ2n) is 12.4. The fourth-order valence-corrected chi connectivity index (χ4v) is 5.53. The lowest BCUT2D eigenvalue weighted by Gasteiger charge is -2.14. The minimum absolute atomic E-state index is 0.0174. The molecule has 0 fully saturated rings. The van der Waals surface area contributed by atoms with Crippen LogP contribution in [0.4, 0.5) is 0 Å². The molecule has 3 rings (SSSR count). The predicted octanol–water partition coefficient (Wildman–Crippen LogP) is 12.3. The first kappa shape index (κ1) is 36.4. The molecule has 4 heteroatoms. The van der Waals surface area contributed by atoms with E-state index >= 15 is 0 Å². The first-order chi connectivity index (χ1) is 22.1. The highest BCUT2D eigenvalue weighted by molar-refractivity contribution is 5.91. The fourth-order valence-electron chi connectivity index (χ4n) is 5.53. The predicted molar refractivity (Wildman–Crippen MR) is 188 cm³/mol. The van der Waals surface area contributed by atoms with Gasteiger partial charge in [0.25, 0.3) is 0 Å². The zero-order chi connectivity index (χ0) is 32.0. The molecule has 0 aliphatic rings. The van der Waals surface area contributed by atoms with Crippen molar-refractivity contribution in [3.05, 3.63) is 83.9 Å². The topological polar surface area (TPSA) is 44.8 Å². The van der Waals surface area contributed by atoms with Crippen molar-refractivity contribution in [2.24, 2.45) is 0 Å². The quantitative estimate of drug-likeness (QED) is 0.0572. The Labute approximate surface area is 273 Å². The summed E-state index contributed by atoms with van der Waals surface area (Å²) in [6.45, 7) is 8.05. The molecule has 246 valence electrons. The Kier molecular flexibility index (Phi) is 18.1. The van der Waals surface area contributed by atoms with E-state index in [1.807, 2.05) is 60.7 Å². The van der Waals surface area contributed by atoms with E-state index in [9.17, 15) is 4.79 Å². The van der Waals surface area contributed by atoms with Crippen molar-refractivity contribution < 1.29 is 19.0 Å². The first-order valence-electron chi connectivity index (χ1n) is 17.9. The van der Waals surface area contributed by atoms with Gasteiger partial charge in [0.05, 0.1) is 18.3 Å². The fraction of sp³-hybridized carbons (Fsp3) is 0.537. The molecule has 4 nitrogen and oxygen atoms in total. The number of esters is 1. The number of carbonyl (C=O) groups excluding carboxylic acids is 1. The molecule has 3 aromatic rings. The monoisotopic (exact) mass is 614 g/mol. The Morgan fingerprint density at radius 1 is 0.533 bits per heavy atom. The van der Waals surface area contributed by atoms with Gasteiger partial charge in [-0.2, -0.15) is 0 Å². The van der Waals surface area contributed by atoms with Gasteiger partial charge in [0, 0.05) is 6.61 Å². The second kappa shape index (κ2) is 22.4. The highest BCUT2D eigenvalue weighted by Crippen LogP contribution is 2.25. The van der Waals surface area contributed by atoms with Crippen molar-refractivity contribution >= 4 is 5.97 Å². The van der Waals surface area contributed by atoms with Crippen LogP contribution in [0.2, 0.25) is 0 Å². The molecule has 0 saturated carbocycles. The van der Waals surface area contributed by atoms with E-state index in [4.69, 9.17) is 14.2 Å². The van der Waals surface area contributed by atoms with Gasteiger partial charge in [-0.15, -0.1) is 0 Å². The highest BCUT2D eigenvalue weighted by Gasteiger charge is 2.11. The van der Waals surface area contributed by atoms with E-state index in [0.29, 0.717) is 11.3 Å². The van der Waals surface area contributed by atoms with Gasteiger partial charge in [-0.25, -0.2) is 4.79 Å². The maximum absolute atomic E-state index is 12.7. The van der Waals surface area contributed by atoms with Crippen molar-refractivity contribution in [2.45, 2.75) is 130 Å². The molecule has 0 spiro atoms. The lowest BCUT2D eigenvalue weighted by molar-refractivity contribution is 0.0629. The Morgan fingerprint density at radius 3 is 1.53 bits per heavy atom. The maximum Gasteiger partial charge on any atom is 0.343 e. The molecule has 0 aliphatic carbocycles. The van der Waals surface area contributed by atoms with Crippen LogP contribution in [-0.4, -0.2) is 19.2 Å². The van der Waals surface area contributed by atoms with Crippen LogP contribution in [0.3, 0.4) is 0 Å². The van der Waals surface area contributed by atoms with Crippen molar-refractivity contribution in [3.8, 4) is 22.6 Å². The average molecular weight is 615 g/mol. The largest absolute Gasteiger partial charge is 0.494 e. The summed E-state index contributed by atoms with van der Waals surface area (Å²) in [5.41, 5.74) is 3.73. The van der Waals surface area contributed by atoms with Crippen LogP contribution in [0.1, 0.15) is 146 Å². The van der Waals surface area contributed by atoms with E-state index in [2.05, 4.69) is 32.9 Å². The number of hydrogen-bond donors (Lipinski definition) is 0. The van der Waals surface area contributed by atoms with E-state index in [-0.39, 0.29) is 12.1 Å². The molecule has 3 aromatic carbocycles. The molecule has 0 aromatic heterocycles. The summed E-state index contributed by atoms with van der Waals surface area (Å²) in [5.74, 6) is 1.07. The summed E-state index contributed by atoms with van der Waals surface area (Å²) in [5, 5.41) is 0. The van der Waals surface area contributed by atoms with Gasteiger partial charge in [0.1, 0.15) is 11.5 Å². The van der Waals surface area contributed by atoms with Gasteiger partial charge in [0.15, 0.2) is 0 Å². The van der Waals surface area contributed by atoms with Crippen LogP contribution in [-0.2, 0) is 4.74 Å². The third-order valence-electron chi connectivity index (χ3n) is 8.50. The summed E-state index contributed by atoms with van der Waals surface area (Å²) in [6, 6.07) is 23.3. The number of ether oxygens (including phenoxy) is 3. The van der Waals surface area contributed by atoms with Gasteiger partial charge >= 0.3 is 5.97 Å². The Morgan fingerprint density at radius 2 is 0.978 bits per heavy atom. The molecule has 0 bridgehead atoms. The zero-order valence-corrected chi connectivity index (χ0v) is 28.4. The summed E-state index contributed by atoms with van der Waals surface area (Å²) in [4.78, 5) is 12.7. The Bertz CT molecular complexity index is 1170. The minimum Gasteiger partial charge on any atom is -0.494 e. The summed E-state index contributed by atoms with van der Waals surface area (Å²) in [7, 11) is 0. The molecule has 0 amide bonds. The first-order valence-corrected chi connectivity index (χ1v) is 17.9. The average Bonchev–Trinajstić information content (AvgIpc) is 3.07. The van der Waals surface area contributed by atoms with E-state index in [0.717, 1.165) is 48.5 Å². The van der Waals surface area contributed by atoms with E-state index in [1.54, 1.807) is 0 Å². The van der Waals surface area contributed by atoms with E-state index in [1.165, 1.54) is 89.9 Å². The van der Waals surface area contributed by atoms with Gasteiger partial charge < -0.3 is 14.2 Å². The molecule has 0 aliphatic heterocycles. The SMILES string of the molecule is CCCCCCCCCCCCCCCOc1ccc(-c2ccc(C(=O)Oc3ccc(C(C)OCCCCC)cc3)cc2)cc1. The van der Waals surface area contributed by atoms with Crippen LogP contribution in [0.5, 0.6) is 11.5 Å². The normalized spacial score (nSPS) is 11.8. The van der Waals surface area contributed by atoms with Crippen LogP contribution in [0.25, 0.3) is 11.1 Å². The Hall–Kier alpha value is -3.11. The highest BCUT2D eigenvalue weighted by atomic mass is 16.5. The third-order valence-corrected chi connectivity index (χ3v) is 8.50. The van der Waals surface area contributed by atoms with Crippen molar-refractivity contribution in [1.29, 1.82) is 0 Å². The van der Waals surface area contributed by atoms with Crippen LogP contribution in [0.15, 0.2) is 72.8 Å². The van der Waals surface area contributed by atoms with Gasteiger partial charge in [-0.05, 0) is 72.9 Å². The van der Waals surface area contributed by atoms with Crippen LogP contribution < -0.4 is 9.47 Å². The maximum atomic E-state index is 12.7. The molecular formula is C41H58O4. The molecule has 0 N–H and O–H groups in total. The van der Waals surface area contributed by atoms with Crippen molar-refractivity contribution in [3.63, 3.8) is 0 Å². The lowest BCUT2D eigenvalue weighted by Crippen LogP contribution is -2.08. The van der Waals surface area contributed by atoms with Gasteiger partial charge in [0.2, 0.25) is 0 Å². The van der Waals surface area contributed by atoms with Crippen molar-refractivity contribution in [1.82, 2.24) is 0 Å². The standard InChI is InChI=1S/C41H58O4/c1-4-6-8-9-10-11-12-13-14-15-16-17-19-33-44-39-28-26-37(27-29-39)36-20-22-38(23-21-36)41(42)45-40-30-24-35(25-31-40)34(3)43-32-18-7-5-2/h20-31,34H,4-19,32-33H2,1-3H3. The Balaban J connectivity index is 1.30. The van der Waals surface area contributed by atoms with Gasteiger partial charge in [-0.3, -0.25) is 0 Å². The molecule has 45 heavy (non-hydrogen) atoms. The second-order valence-corrected chi connectivity index (χ2v) is 12.4. The summed E-state index contributed by atoms with van der Waals surface area (Å²) < 4.78 is 17.5. The zero-order valence-electron chi connectivity index (χ0n) is 28.4. The molecular weight excluding hydrogens is 556 g/mol. The van der Waals surface area contributed by atoms with Crippen LogP contribution >= 0.6 is 0 Å². The molecule has 0 radical (unpaired) electrons. The molecule has 0 saturated heterocycles. The molecule has 1 atom stereocenters. The van der Waals surface area contributed by atoms with E-state index < -0.39 is 0 Å². The number of rotatable bonds is 24. The van der Waals surface area contributed by atoms with Crippen LogP contribution in [0, 0.1) is 0 Å². The lowest BCUT2D eigenvalue weighted by atomic mass is 10.0. The van der Waals surface area contributed by atoms with Gasteiger partial charge in [-0.1, -0.05) is 140 Å². The smallest absolute Gasteiger partial charge is 0.343 e. The number of benzene rings is 3. The number of unbranched alkanes of at least 4 members (excludes halogenated alkanes) is 14. The summed E-state index contributed by atoms with van der Waals surface area (Å²) in [6.07, 6.45) is 21.1. The number of carbonyl (C=O) groups is 1.